The van der Waals surface area contributed by atoms with E-state index >= 15 is 0 Å². The third-order valence-electron chi connectivity index (χ3n) is 5.55. The van der Waals surface area contributed by atoms with Crippen LogP contribution >= 0.6 is 0 Å². The molecule has 0 heterocycles. The van der Waals surface area contributed by atoms with Crippen molar-refractivity contribution in [3.8, 4) is 5.75 Å². The van der Waals surface area contributed by atoms with Crippen LogP contribution in [-0.4, -0.2) is 31.6 Å². The van der Waals surface area contributed by atoms with Gasteiger partial charge in [-0.2, -0.15) is 0 Å². The zero-order valence-corrected chi connectivity index (χ0v) is 16.4. The predicted molar refractivity (Wildman–Crippen MR) is 107 cm³/mol. The second-order valence-corrected chi connectivity index (χ2v) is 7.34. The van der Waals surface area contributed by atoms with Crippen molar-refractivity contribution in [1.29, 1.82) is 0 Å². The van der Waals surface area contributed by atoms with E-state index in [4.69, 9.17) is 9.47 Å². The Kier molecular flexibility index (Phi) is 6.34. The van der Waals surface area contributed by atoms with Crippen LogP contribution in [0.4, 0.5) is 0 Å². The molecule has 5 heteroatoms. The maximum absolute atomic E-state index is 12.8. The number of para-hydroxylation sites is 1. The lowest BCUT2D eigenvalue weighted by Gasteiger charge is -2.40. The van der Waals surface area contributed by atoms with Crippen LogP contribution in [0.5, 0.6) is 5.75 Å². The van der Waals surface area contributed by atoms with Gasteiger partial charge in [0, 0.05) is 18.9 Å². The summed E-state index contributed by atoms with van der Waals surface area (Å²) in [7, 11) is 1.56. The van der Waals surface area contributed by atoms with Gasteiger partial charge >= 0.3 is 5.97 Å². The molecule has 148 valence electrons. The number of carbonyl (C=O) groups excluding carboxylic acids is 2. The van der Waals surface area contributed by atoms with Crippen molar-refractivity contribution in [2.75, 3.05) is 13.7 Å². The van der Waals surface area contributed by atoms with Gasteiger partial charge in [0.05, 0.1) is 12.7 Å². The highest BCUT2D eigenvalue weighted by Crippen LogP contribution is 2.40. The first-order valence-electron chi connectivity index (χ1n) is 9.68. The van der Waals surface area contributed by atoms with Gasteiger partial charge in [-0.05, 0) is 43.4 Å². The van der Waals surface area contributed by atoms with Crippen LogP contribution in [0.3, 0.4) is 0 Å². The molecule has 1 amide bonds. The van der Waals surface area contributed by atoms with Gasteiger partial charge in [-0.1, -0.05) is 42.5 Å². The standard InChI is InChI=1S/C23H27NO4/c1-17(25)28-19-12-14-23(15-13-19,18-8-4-3-5-9-18)16-24-22(26)20-10-6-7-11-21(20)27-2/h3-11,19H,12-16H2,1-2H3,(H,24,26). The Morgan fingerprint density at radius 2 is 1.68 bits per heavy atom. The zero-order chi connectivity index (χ0) is 20.0. The summed E-state index contributed by atoms with van der Waals surface area (Å²) in [6.45, 7) is 1.98. The summed E-state index contributed by atoms with van der Waals surface area (Å²) in [5.41, 5.74) is 1.56. The molecule has 0 saturated heterocycles. The van der Waals surface area contributed by atoms with Crippen LogP contribution in [0, 0.1) is 0 Å². The van der Waals surface area contributed by atoms with Crippen LogP contribution in [-0.2, 0) is 14.9 Å². The molecule has 1 aliphatic carbocycles. The quantitative estimate of drug-likeness (QED) is 0.772. The number of ether oxygens (including phenoxy) is 2. The lowest BCUT2D eigenvalue weighted by atomic mass is 9.68. The molecule has 1 fully saturated rings. The first-order valence-corrected chi connectivity index (χ1v) is 9.68. The second kappa shape index (κ2) is 8.91. The molecule has 0 bridgehead atoms. The number of carbonyl (C=O) groups is 2. The van der Waals surface area contributed by atoms with E-state index in [2.05, 4.69) is 17.4 Å². The van der Waals surface area contributed by atoms with Crippen LogP contribution in [0.1, 0.15) is 48.5 Å². The van der Waals surface area contributed by atoms with Crippen LogP contribution in [0.2, 0.25) is 0 Å². The number of rotatable bonds is 6. The Bertz CT molecular complexity index is 810. The molecule has 0 unspecified atom stereocenters. The van der Waals surface area contributed by atoms with Crippen molar-refractivity contribution in [2.24, 2.45) is 0 Å². The summed E-state index contributed by atoms with van der Waals surface area (Å²) in [5.74, 6) is 0.184. The molecule has 1 saturated carbocycles. The molecular formula is C23H27NO4. The molecule has 0 radical (unpaired) electrons. The number of hydrogen-bond acceptors (Lipinski definition) is 4. The van der Waals surface area contributed by atoms with Gasteiger partial charge in [0.1, 0.15) is 11.9 Å². The van der Waals surface area contributed by atoms with Crippen LogP contribution in [0.15, 0.2) is 54.6 Å². The molecule has 2 aromatic rings. The highest BCUT2D eigenvalue weighted by atomic mass is 16.5. The maximum Gasteiger partial charge on any atom is 0.302 e. The fourth-order valence-corrected chi connectivity index (χ4v) is 4.03. The molecule has 1 N–H and O–H groups in total. The number of esters is 1. The summed E-state index contributed by atoms with van der Waals surface area (Å²) in [6.07, 6.45) is 3.24. The zero-order valence-electron chi connectivity index (χ0n) is 16.4. The summed E-state index contributed by atoms with van der Waals surface area (Å²) in [5, 5.41) is 3.11. The molecule has 28 heavy (non-hydrogen) atoms. The van der Waals surface area contributed by atoms with E-state index in [0.29, 0.717) is 17.9 Å². The average molecular weight is 381 g/mol. The third-order valence-corrected chi connectivity index (χ3v) is 5.55. The summed E-state index contributed by atoms with van der Waals surface area (Å²) < 4.78 is 10.7. The molecule has 0 aromatic heterocycles. The highest BCUT2D eigenvalue weighted by Gasteiger charge is 2.38. The summed E-state index contributed by atoms with van der Waals surface area (Å²) >= 11 is 0. The van der Waals surface area contributed by atoms with Crippen molar-refractivity contribution in [1.82, 2.24) is 5.32 Å². The normalized spacial score (nSPS) is 21.6. The van der Waals surface area contributed by atoms with E-state index in [1.54, 1.807) is 19.2 Å². The van der Waals surface area contributed by atoms with E-state index in [0.717, 1.165) is 25.7 Å². The number of amides is 1. The number of benzene rings is 2. The largest absolute Gasteiger partial charge is 0.496 e. The van der Waals surface area contributed by atoms with Gasteiger partial charge < -0.3 is 14.8 Å². The fourth-order valence-electron chi connectivity index (χ4n) is 4.03. The van der Waals surface area contributed by atoms with Gasteiger partial charge in [0.15, 0.2) is 0 Å². The number of hydrogen-bond donors (Lipinski definition) is 1. The molecule has 0 spiro atoms. The first-order chi connectivity index (χ1) is 13.5. The molecule has 5 nitrogen and oxygen atoms in total. The maximum atomic E-state index is 12.8. The van der Waals surface area contributed by atoms with E-state index in [9.17, 15) is 9.59 Å². The van der Waals surface area contributed by atoms with E-state index in [1.807, 2.05) is 30.3 Å². The fraction of sp³-hybridized carbons (Fsp3) is 0.391. The van der Waals surface area contributed by atoms with E-state index < -0.39 is 0 Å². The van der Waals surface area contributed by atoms with Crippen molar-refractivity contribution < 1.29 is 19.1 Å². The Morgan fingerprint density at radius 3 is 2.32 bits per heavy atom. The number of nitrogens with one attached hydrogen (secondary N) is 1. The molecule has 0 aliphatic heterocycles. The van der Waals surface area contributed by atoms with Crippen LogP contribution in [0.25, 0.3) is 0 Å². The summed E-state index contributed by atoms with van der Waals surface area (Å²) in [6, 6.07) is 17.5. The summed E-state index contributed by atoms with van der Waals surface area (Å²) in [4.78, 5) is 24.1. The van der Waals surface area contributed by atoms with E-state index in [1.165, 1.54) is 12.5 Å². The average Bonchev–Trinajstić information content (AvgIpc) is 2.73. The second-order valence-electron chi connectivity index (χ2n) is 7.34. The van der Waals surface area contributed by atoms with Gasteiger partial charge in [0.2, 0.25) is 0 Å². The van der Waals surface area contributed by atoms with E-state index in [-0.39, 0.29) is 23.4 Å². The smallest absolute Gasteiger partial charge is 0.302 e. The van der Waals surface area contributed by atoms with Gasteiger partial charge in [-0.25, -0.2) is 0 Å². The Morgan fingerprint density at radius 1 is 1.04 bits per heavy atom. The monoisotopic (exact) mass is 381 g/mol. The lowest BCUT2D eigenvalue weighted by Crippen LogP contribution is -2.44. The third kappa shape index (κ3) is 4.53. The van der Waals surface area contributed by atoms with Crippen LogP contribution < -0.4 is 10.1 Å². The Labute approximate surface area is 166 Å². The molecule has 1 aliphatic rings. The van der Waals surface area contributed by atoms with Crippen molar-refractivity contribution >= 4 is 11.9 Å². The Hall–Kier alpha value is -2.82. The lowest BCUT2D eigenvalue weighted by molar-refractivity contribution is -0.148. The molecule has 2 aromatic carbocycles. The van der Waals surface area contributed by atoms with Gasteiger partial charge in [-0.15, -0.1) is 0 Å². The number of methoxy groups -OCH3 is 1. The minimum Gasteiger partial charge on any atom is -0.496 e. The van der Waals surface area contributed by atoms with Gasteiger partial charge in [0.25, 0.3) is 5.91 Å². The Balaban J connectivity index is 1.76. The SMILES string of the molecule is COc1ccccc1C(=O)NCC1(c2ccccc2)CCC(OC(C)=O)CC1. The van der Waals surface area contributed by atoms with Gasteiger partial charge in [-0.3, -0.25) is 9.59 Å². The predicted octanol–water partition coefficient (Wildman–Crippen LogP) is 3.87. The minimum atomic E-state index is -0.235. The van der Waals surface area contributed by atoms with Crippen molar-refractivity contribution in [3.63, 3.8) is 0 Å². The molecule has 0 atom stereocenters. The van der Waals surface area contributed by atoms with Crippen molar-refractivity contribution in [2.45, 2.75) is 44.1 Å². The molecular weight excluding hydrogens is 354 g/mol. The first kappa shape index (κ1) is 19.9. The topological polar surface area (TPSA) is 64.6 Å². The highest BCUT2D eigenvalue weighted by molar-refractivity contribution is 5.96. The van der Waals surface area contributed by atoms with Crippen molar-refractivity contribution in [3.05, 3.63) is 65.7 Å². The minimum absolute atomic E-state index is 0.0424. The molecule has 3 rings (SSSR count).